The summed E-state index contributed by atoms with van der Waals surface area (Å²) in [6, 6.07) is 13.6. The lowest BCUT2D eigenvalue weighted by molar-refractivity contribution is -0.148. The first-order valence-corrected chi connectivity index (χ1v) is 11.5. The van der Waals surface area contributed by atoms with Gasteiger partial charge in [-0.3, -0.25) is 0 Å². The van der Waals surface area contributed by atoms with Crippen LogP contribution in [0.15, 0.2) is 36.4 Å². The minimum absolute atomic E-state index is 0.225. The van der Waals surface area contributed by atoms with Gasteiger partial charge >= 0.3 is 5.97 Å². The molecule has 0 heterocycles. The Balaban J connectivity index is 2.07. The highest BCUT2D eigenvalue weighted by Gasteiger charge is 2.42. The van der Waals surface area contributed by atoms with Crippen LogP contribution in [-0.4, -0.2) is 58.9 Å². The number of methoxy groups -OCH3 is 3. The van der Waals surface area contributed by atoms with Crippen molar-refractivity contribution in [1.82, 2.24) is 4.90 Å². The molecular formula is C27H36N2O5. The molecule has 0 saturated carbocycles. The van der Waals surface area contributed by atoms with E-state index in [2.05, 4.69) is 11.0 Å². The Labute approximate surface area is 203 Å². The molecule has 184 valence electrons. The summed E-state index contributed by atoms with van der Waals surface area (Å²) in [7, 11) is 6.89. The number of ether oxygens (including phenoxy) is 4. The first-order valence-electron chi connectivity index (χ1n) is 11.5. The van der Waals surface area contributed by atoms with Crippen molar-refractivity contribution in [3.8, 4) is 23.3 Å². The van der Waals surface area contributed by atoms with Gasteiger partial charge in [-0.25, -0.2) is 4.79 Å². The summed E-state index contributed by atoms with van der Waals surface area (Å²) in [4.78, 5) is 15.1. The Bertz CT molecular complexity index is 1000. The molecule has 0 aliphatic carbocycles. The molecule has 0 fully saturated rings. The van der Waals surface area contributed by atoms with Gasteiger partial charge < -0.3 is 23.8 Å². The van der Waals surface area contributed by atoms with Crippen LogP contribution >= 0.6 is 0 Å². The molecule has 2 rings (SSSR count). The molecule has 34 heavy (non-hydrogen) atoms. The van der Waals surface area contributed by atoms with E-state index in [4.69, 9.17) is 18.9 Å². The third-order valence-corrected chi connectivity index (χ3v) is 6.02. The number of carbonyl (C=O) groups is 1. The quantitative estimate of drug-likeness (QED) is 0.406. The van der Waals surface area contributed by atoms with Gasteiger partial charge in [0.2, 0.25) is 0 Å². The molecule has 0 N–H and O–H groups in total. The van der Waals surface area contributed by atoms with Crippen molar-refractivity contribution in [1.29, 1.82) is 5.26 Å². The summed E-state index contributed by atoms with van der Waals surface area (Å²) in [6.45, 7) is 5.45. The molecule has 0 aliphatic heterocycles. The molecule has 7 heteroatoms. The molecule has 0 aromatic heterocycles. The van der Waals surface area contributed by atoms with Crippen LogP contribution in [-0.2, 0) is 21.4 Å². The number of rotatable bonds is 13. The molecule has 1 unspecified atom stereocenters. The molecule has 0 bridgehead atoms. The van der Waals surface area contributed by atoms with Gasteiger partial charge in [0.05, 0.1) is 34.0 Å². The van der Waals surface area contributed by atoms with Crippen LogP contribution in [0.4, 0.5) is 0 Å². The number of likely N-dealkylation sites (N-methyl/N-ethyl adjacent to an activating group) is 1. The van der Waals surface area contributed by atoms with Crippen molar-refractivity contribution in [2.24, 2.45) is 0 Å². The van der Waals surface area contributed by atoms with E-state index in [9.17, 15) is 10.1 Å². The van der Waals surface area contributed by atoms with Gasteiger partial charge in [-0.1, -0.05) is 18.2 Å². The second-order valence-corrected chi connectivity index (χ2v) is 8.27. The fourth-order valence-corrected chi connectivity index (χ4v) is 4.01. The first kappa shape index (κ1) is 27.0. The second-order valence-electron chi connectivity index (χ2n) is 8.27. The van der Waals surface area contributed by atoms with Crippen LogP contribution in [0, 0.1) is 18.3 Å². The van der Waals surface area contributed by atoms with E-state index in [1.165, 1.54) is 0 Å². The predicted octanol–water partition coefficient (Wildman–Crippen LogP) is 4.30. The third kappa shape index (κ3) is 6.42. The number of hydrogen-bond donors (Lipinski definition) is 0. The highest BCUT2D eigenvalue weighted by Crippen LogP contribution is 2.34. The average molecular weight is 469 g/mol. The Hall–Kier alpha value is -3.24. The maximum atomic E-state index is 12.9. The molecule has 0 aliphatic rings. The minimum Gasteiger partial charge on any atom is -0.496 e. The summed E-state index contributed by atoms with van der Waals surface area (Å²) in [5.41, 5.74) is 1.31. The minimum atomic E-state index is -1.35. The van der Waals surface area contributed by atoms with Crippen molar-refractivity contribution in [3.05, 3.63) is 53.1 Å². The Morgan fingerprint density at radius 1 is 1.00 bits per heavy atom. The van der Waals surface area contributed by atoms with E-state index in [1.807, 2.05) is 38.2 Å². The van der Waals surface area contributed by atoms with E-state index in [0.717, 1.165) is 30.6 Å². The smallest absolute Gasteiger partial charge is 0.331 e. The first-order chi connectivity index (χ1) is 16.3. The number of nitriles is 1. The zero-order chi connectivity index (χ0) is 25.1. The van der Waals surface area contributed by atoms with E-state index in [-0.39, 0.29) is 6.61 Å². The van der Waals surface area contributed by atoms with Crippen molar-refractivity contribution < 1.29 is 23.7 Å². The normalized spacial score (nSPS) is 12.5. The summed E-state index contributed by atoms with van der Waals surface area (Å²) in [5, 5.41) is 10.1. The molecule has 0 amide bonds. The van der Waals surface area contributed by atoms with Gasteiger partial charge in [-0.2, -0.15) is 5.26 Å². The van der Waals surface area contributed by atoms with E-state index < -0.39 is 11.4 Å². The lowest BCUT2D eigenvalue weighted by atomic mass is 9.77. The van der Waals surface area contributed by atoms with Gasteiger partial charge in [0, 0.05) is 6.54 Å². The number of esters is 1. The van der Waals surface area contributed by atoms with Gasteiger partial charge in [-0.05, 0) is 81.6 Å². The molecule has 2 aromatic rings. The lowest BCUT2D eigenvalue weighted by Gasteiger charge is -2.27. The predicted molar refractivity (Wildman–Crippen MR) is 132 cm³/mol. The number of benzene rings is 2. The van der Waals surface area contributed by atoms with E-state index in [0.29, 0.717) is 35.7 Å². The summed E-state index contributed by atoms with van der Waals surface area (Å²) < 4.78 is 21.3. The zero-order valence-electron chi connectivity index (χ0n) is 21.1. The molecular weight excluding hydrogens is 432 g/mol. The second kappa shape index (κ2) is 12.9. The summed E-state index contributed by atoms with van der Waals surface area (Å²) in [5.74, 6) is 1.63. The molecule has 0 radical (unpaired) electrons. The monoisotopic (exact) mass is 468 g/mol. The summed E-state index contributed by atoms with van der Waals surface area (Å²) in [6.07, 6.45) is 1.88. The largest absolute Gasteiger partial charge is 0.496 e. The van der Waals surface area contributed by atoms with Gasteiger partial charge in [0.25, 0.3) is 0 Å². The maximum absolute atomic E-state index is 12.9. The van der Waals surface area contributed by atoms with Crippen LogP contribution in [0.1, 0.15) is 36.5 Å². The molecule has 7 nitrogen and oxygen atoms in total. The van der Waals surface area contributed by atoms with Gasteiger partial charge in [0.15, 0.2) is 16.9 Å². The van der Waals surface area contributed by atoms with Crippen LogP contribution in [0.5, 0.6) is 17.2 Å². The lowest BCUT2D eigenvalue weighted by Crippen LogP contribution is -2.37. The number of nitrogens with zero attached hydrogens (tertiary/aromatic N) is 2. The molecule has 0 saturated heterocycles. The van der Waals surface area contributed by atoms with Crippen LogP contribution < -0.4 is 14.2 Å². The number of hydrogen-bond acceptors (Lipinski definition) is 7. The van der Waals surface area contributed by atoms with Crippen LogP contribution in [0.25, 0.3) is 0 Å². The van der Waals surface area contributed by atoms with Gasteiger partial charge in [0.1, 0.15) is 5.75 Å². The SMILES string of the molecule is CCOC(=O)C(C#N)(CCCN(C)CCc1ccc(OC)c(OC)c1)c1ccc(OC)c(C)c1. The molecule has 1 atom stereocenters. The fraction of sp³-hybridized carbons (Fsp3) is 0.481. The third-order valence-electron chi connectivity index (χ3n) is 6.02. The Morgan fingerprint density at radius 3 is 2.26 bits per heavy atom. The average Bonchev–Trinajstić information content (AvgIpc) is 2.85. The highest BCUT2D eigenvalue weighted by atomic mass is 16.5. The number of carbonyl (C=O) groups excluding carboxylic acids is 1. The highest BCUT2D eigenvalue weighted by molar-refractivity contribution is 5.87. The standard InChI is InChI=1S/C27H36N2O5/c1-7-34-26(30)27(19-28,22-10-12-23(31-4)20(2)17-22)14-8-15-29(3)16-13-21-9-11-24(32-5)25(18-21)33-6/h9-12,17-18H,7-8,13-16H2,1-6H3. The van der Waals surface area contributed by atoms with Crippen molar-refractivity contribution in [2.75, 3.05) is 48.1 Å². The topological polar surface area (TPSA) is 81.0 Å². The Morgan fingerprint density at radius 2 is 1.68 bits per heavy atom. The summed E-state index contributed by atoms with van der Waals surface area (Å²) >= 11 is 0. The fourth-order valence-electron chi connectivity index (χ4n) is 4.01. The van der Waals surface area contributed by atoms with Crippen molar-refractivity contribution in [2.45, 2.75) is 38.5 Å². The van der Waals surface area contributed by atoms with Crippen molar-refractivity contribution in [3.63, 3.8) is 0 Å². The Kier molecular flexibility index (Phi) is 10.2. The molecule has 0 spiro atoms. The maximum Gasteiger partial charge on any atom is 0.331 e. The van der Waals surface area contributed by atoms with Crippen molar-refractivity contribution >= 4 is 5.97 Å². The zero-order valence-corrected chi connectivity index (χ0v) is 21.1. The van der Waals surface area contributed by atoms with E-state index in [1.54, 1.807) is 40.4 Å². The van der Waals surface area contributed by atoms with Gasteiger partial charge in [-0.15, -0.1) is 0 Å². The molecule has 2 aromatic carbocycles. The van der Waals surface area contributed by atoms with E-state index >= 15 is 0 Å². The van der Waals surface area contributed by atoms with Crippen LogP contribution in [0.2, 0.25) is 0 Å². The van der Waals surface area contributed by atoms with Crippen LogP contribution in [0.3, 0.4) is 0 Å². The number of aryl methyl sites for hydroxylation is 1.